The second-order valence-corrected chi connectivity index (χ2v) is 16.2. The van der Waals surface area contributed by atoms with Gasteiger partial charge in [0, 0.05) is 23.0 Å². The zero-order valence-electron chi connectivity index (χ0n) is 37.7. The summed E-state index contributed by atoms with van der Waals surface area (Å²) in [5.74, 6) is -4.63. The minimum absolute atomic E-state index is 0.000285. The SMILES string of the molecule is C/C=C1/[C@H](O[C@@H]2O[C@H](CO)[C@@H](O)[C@H](O)[C@H]2O)OC=C(C(=O)OC)[C@H]1CC(=O)OCCC(C)CC/C=C(\C)COC(=O)C[C@@H]1C(C(=O)OC)=CO[C@@H](O[C@@H]2O[C@H](CO)[C@@H](O)[C@H](O)[C@H]2O)/C1=C/C. The Kier molecular flexibility index (Phi) is 21.2. The lowest BCUT2D eigenvalue weighted by molar-refractivity contribution is -0.327. The first-order valence-electron chi connectivity index (χ1n) is 21.5. The molecule has 2 saturated heterocycles. The second-order valence-electron chi connectivity index (χ2n) is 16.2. The normalized spacial score (nSPS) is 34.3. The van der Waals surface area contributed by atoms with E-state index in [1.807, 2.05) is 13.0 Å². The van der Waals surface area contributed by atoms with Gasteiger partial charge in [0.1, 0.15) is 55.4 Å². The smallest absolute Gasteiger partial charge is 0.337 e. The van der Waals surface area contributed by atoms with E-state index in [-0.39, 0.29) is 54.3 Å². The first kappa shape index (κ1) is 54.3. The van der Waals surface area contributed by atoms with Crippen molar-refractivity contribution in [1.82, 2.24) is 0 Å². The summed E-state index contributed by atoms with van der Waals surface area (Å²) in [6.07, 6.45) is -10.1. The molecule has 66 heavy (non-hydrogen) atoms. The van der Waals surface area contributed by atoms with E-state index >= 15 is 0 Å². The standard InChI is InChI=1S/C44H64O22/c1-7-23-25(27(39(55)57-5)19-61-41(23)65-43-37(53)35(51)33(49)29(16-45)63-43)14-31(47)59-13-12-21(3)10-9-11-22(4)18-60-32(48)15-26-24(8-2)42(62-20-28(26)40(56)58-6)66-44-38(54)36(52)34(50)30(17-46)64-44/h7-8,11,19-21,25-26,29-30,33-38,41-46,49-54H,9-10,12-18H2,1-6H3/b22-11+,23-7+,24-8+/t21?,25-,26-,29+,30+,33+,34+,35-,36-,37+,38+,41-,42-,43-,44-/m0/s1. The number of carbonyl (C=O) groups is 4. The fourth-order valence-corrected chi connectivity index (χ4v) is 7.69. The summed E-state index contributed by atoms with van der Waals surface area (Å²) in [7, 11) is 2.32. The van der Waals surface area contributed by atoms with Gasteiger partial charge in [-0.3, -0.25) is 9.59 Å². The molecule has 0 aromatic rings. The fourth-order valence-electron chi connectivity index (χ4n) is 7.69. The molecule has 0 aromatic heterocycles. The van der Waals surface area contributed by atoms with Crippen LogP contribution in [0.2, 0.25) is 0 Å². The minimum Gasteiger partial charge on any atom is -0.468 e. The summed E-state index contributed by atoms with van der Waals surface area (Å²) in [5.41, 5.74) is 1.30. The van der Waals surface area contributed by atoms with Crippen LogP contribution >= 0.6 is 0 Å². The average Bonchev–Trinajstić information content (AvgIpc) is 3.30. The van der Waals surface area contributed by atoms with Crippen LogP contribution in [0.3, 0.4) is 0 Å². The molecular weight excluding hydrogens is 880 g/mol. The highest BCUT2D eigenvalue weighted by molar-refractivity contribution is 5.91. The van der Waals surface area contributed by atoms with Gasteiger partial charge in [-0.05, 0) is 51.5 Å². The van der Waals surface area contributed by atoms with Crippen LogP contribution in [0.1, 0.15) is 59.8 Å². The van der Waals surface area contributed by atoms with Crippen molar-refractivity contribution in [1.29, 1.82) is 0 Å². The van der Waals surface area contributed by atoms with Crippen molar-refractivity contribution in [2.24, 2.45) is 17.8 Å². The summed E-state index contributed by atoms with van der Waals surface area (Å²) in [4.78, 5) is 51.7. The van der Waals surface area contributed by atoms with Gasteiger partial charge in [0.05, 0.1) is 70.6 Å². The topological polar surface area (TPSA) is 322 Å². The van der Waals surface area contributed by atoms with E-state index in [9.17, 15) is 60.0 Å². The summed E-state index contributed by atoms with van der Waals surface area (Å²) < 4.78 is 54.5. The molecule has 0 spiro atoms. The maximum absolute atomic E-state index is 13.2. The number of aliphatic hydroxyl groups excluding tert-OH is 8. The molecule has 22 nitrogen and oxygen atoms in total. The fraction of sp³-hybridized carbons (Fsp3) is 0.682. The highest BCUT2D eigenvalue weighted by Crippen LogP contribution is 2.38. The predicted octanol–water partition coefficient (Wildman–Crippen LogP) is -0.810. The monoisotopic (exact) mass is 944 g/mol. The third kappa shape index (κ3) is 13.7. The van der Waals surface area contributed by atoms with E-state index in [1.165, 1.54) is 0 Å². The lowest BCUT2D eigenvalue weighted by atomic mass is 9.86. The molecule has 0 radical (unpaired) electrons. The molecule has 4 rings (SSSR count). The number of allylic oxidation sites excluding steroid dienone is 3. The molecule has 1 unspecified atom stereocenters. The van der Waals surface area contributed by atoms with E-state index in [0.29, 0.717) is 19.3 Å². The Bertz CT molecular complexity index is 1800. The Morgan fingerprint density at radius 2 is 1.11 bits per heavy atom. The summed E-state index contributed by atoms with van der Waals surface area (Å²) in [5, 5.41) is 80.7. The van der Waals surface area contributed by atoms with E-state index in [1.54, 1.807) is 32.9 Å². The molecule has 0 amide bonds. The number of ether oxygens (including phenoxy) is 10. The average molecular weight is 945 g/mol. The molecule has 4 aliphatic rings. The number of hydrogen-bond acceptors (Lipinski definition) is 22. The Morgan fingerprint density at radius 1 is 0.667 bits per heavy atom. The van der Waals surface area contributed by atoms with Crippen LogP contribution < -0.4 is 0 Å². The van der Waals surface area contributed by atoms with Gasteiger partial charge in [-0.15, -0.1) is 0 Å². The molecule has 8 N–H and O–H groups in total. The third-order valence-electron chi connectivity index (χ3n) is 11.7. The Morgan fingerprint density at radius 3 is 1.52 bits per heavy atom. The van der Waals surface area contributed by atoms with Crippen molar-refractivity contribution < 1.29 is 107 Å². The molecule has 15 atom stereocenters. The lowest BCUT2D eigenvalue weighted by Crippen LogP contribution is -2.60. The Balaban J connectivity index is 1.25. The second kappa shape index (κ2) is 25.7. The van der Waals surface area contributed by atoms with E-state index in [2.05, 4.69) is 0 Å². The summed E-state index contributed by atoms with van der Waals surface area (Å²) >= 11 is 0. The summed E-state index contributed by atoms with van der Waals surface area (Å²) in [6.45, 7) is 5.61. The van der Waals surface area contributed by atoms with E-state index in [4.69, 9.17) is 47.4 Å². The zero-order chi connectivity index (χ0) is 48.8. The van der Waals surface area contributed by atoms with Gasteiger partial charge in [0.15, 0.2) is 12.6 Å². The molecule has 0 aliphatic carbocycles. The van der Waals surface area contributed by atoms with Gasteiger partial charge >= 0.3 is 23.9 Å². The van der Waals surface area contributed by atoms with Crippen LogP contribution in [-0.2, 0) is 66.5 Å². The number of carbonyl (C=O) groups excluding carboxylic acids is 4. The summed E-state index contributed by atoms with van der Waals surface area (Å²) in [6, 6.07) is 0. The molecule has 0 bridgehead atoms. The highest BCUT2D eigenvalue weighted by Gasteiger charge is 2.48. The maximum atomic E-state index is 13.2. The quantitative estimate of drug-likeness (QED) is 0.0420. The third-order valence-corrected chi connectivity index (χ3v) is 11.7. The van der Waals surface area contributed by atoms with Gasteiger partial charge in [-0.2, -0.15) is 0 Å². The number of rotatable bonds is 20. The van der Waals surface area contributed by atoms with Crippen LogP contribution in [0, 0.1) is 17.8 Å². The van der Waals surface area contributed by atoms with Gasteiger partial charge in [-0.1, -0.05) is 25.2 Å². The van der Waals surface area contributed by atoms with Crippen molar-refractivity contribution in [2.75, 3.05) is 40.6 Å². The number of esters is 4. The highest BCUT2D eigenvalue weighted by atomic mass is 16.8. The minimum atomic E-state index is -1.73. The van der Waals surface area contributed by atoms with E-state index in [0.717, 1.165) is 32.3 Å². The Labute approximate surface area is 381 Å². The van der Waals surface area contributed by atoms with Crippen LogP contribution in [-0.4, -0.2) is 179 Å². The van der Waals surface area contributed by atoms with Crippen molar-refractivity contribution in [3.63, 3.8) is 0 Å². The Hall–Kier alpha value is -4.30. The number of aliphatic hydroxyl groups is 8. The molecule has 4 aliphatic heterocycles. The molecule has 22 heteroatoms. The largest absolute Gasteiger partial charge is 0.468 e. The first-order valence-corrected chi connectivity index (χ1v) is 21.5. The molecule has 0 aromatic carbocycles. The number of methoxy groups -OCH3 is 2. The van der Waals surface area contributed by atoms with Gasteiger partial charge in [-0.25, -0.2) is 9.59 Å². The van der Waals surface area contributed by atoms with Gasteiger partial charge < -0.3 is 88.2 Å². The van der Waals surface area contributed by atoms with Crippen molar-refractivity contribution in [3.05, 3.63) is 58.6 Å². The van der Waals surface area contributed by atoms with E-state index < -0.39 is 123 Å². The maximum Gasteiger partial charge on any atom is 0.337 e. The lowest BCUT2D eigenvalue weighted by Gasteiger charge is -2.41. The molecule has 372 valence electrons. The molecule has 0 saturated carbocycles. The van der Waals surface area contributed by atoms with Crippen LogP contribution in [0.4, 0.5) is 0 Å². The van der Waals surface area contributed by atoms with Gasteiger partial charge in [0.2, 0.25) is 12.6 Å². The van der Waals surface area contributed by atoms with Gasteiger partial charge in [0.25, 0.3) is 0 Å². The predicted molar refractivity (Wildman–Crippen MR) is 222 cm³/mol. The molecule has 4 heterocycles. The molecule has 2 fully saturated rings. The van der Waals surface area contributed by atoms with Crippen LogP contribution in [0.15, 0.2) is 58.6 Å². The van der Waals surface area contributed by atoms with Crippen molar-refractivity contribution >= 4 is 23.9 Å². The first-order chi connectivity index (χ1) is 31.4. The van der Waals surface area contributed by atoms with Crippen LogP contribution in [0.5, 0.6) is 0 Å². The van der Waals surface area contributed by atoms with Crippen molar-refractivity contribution in [3.8, 4) is 0 Å². The van der Waals surface area contributed by atoms with Crippen LogP contribution in [0.25, 0.3) is 0 Å². The number of hydrogen-bond donors (Lipinski definition) is 8. The zero-order valence-corrected chi connectivity index (χ0v) is 37.7. The molecular formula is C44H64O22. The van der Waals surface area contributed by atoms with Crippen molar-refractivity contribution in [2.45, 2.75) is 134 Å².